The van der Waals surface area contributed by atoms with Crippen LogP contribution >= 0.6 is 0 Å². The summed E-state index contributed by atoms with van der Waals surface area (Å²) in [6.07, 6.45) is 0.316. The topological polar surface area (TPSA) is 94.6 Å². The van der Waals surface area contributed by atoms with Crippen molar-refractivity contribution in [2.45, 2.75) is 32.0 Å². The molecule has 1 fully saturated rings. The number of carbonyl (C=O) groups is 2. The van der Waals surface area contributed by atoms with Gasteiger partial charge in [-0.2, -0.15) is 13.2 Å². The fraction of sp³-hybridized carbons (Fsp3) is 0.219. The second-order valence-corrected chi connectivity index (χ2v) is 10.1. The molecule has 1 aromatic heterocycles. The summed E-state index contributed by atoms with van der Waals surface area (Å²) in [6, 6.07) is 19.6. The Labute approximate surface area is 241 Å². The first kappa shape index (κ1) is 28.7. The van der Waals surface area contributed by atoms with Gasteiger partial charge in [-0.1, -0.05) is 18.2 Å². The van der Waals surface area contributed by atoms with Gasteiger partial charge in [-0.15, -0.1) is 0 Å². The van der Waals surface area contributed by atoms with E-state index in [-0.39, 0.29) is 23.4 Å². The quantitative estimate of drug-likeness (QED) is 0.230. The van der Waals surface area contributed by atoms with Crippen LogP contribution in [-0.2, 0) is 12.7 Å². The highest BCUT2D eigenvalue weighted by Crippen LogP contribution is 2.33. The highest BCUT2D eigenvalue weighted by molar-refractivity contribution is 6.06. The van der Waals surface area contributed by atoms with Gasteiger partial charge < -0.3 is 20.6 Å². The van der Waals surface area contributed by atoms with Crippen molar-refractivity contribution >= 4 is 23.2 Å². The smallest absolute Gasteiger partial charge is 0.416 e. The van der Waals surface area contributed by atoms with Crippen LogP contribution in [0.15, 0.2) is 85.1 Å². The minimum Gasteiger partial charge on any atom is -0.508 e. The number of piperidine rings is 1. The molecule has 10 heteroatoms. The molecule has 0 bridgehead atoms. The number of benzene rings is 3. The first-order valence-corrected chi connectivity index (χ1v) is 13.6. The average molecular weight is 575 g/mol. The number of alkyl halides is 3. The number of hydrogen-bond acceptors (Lipinski definition) is 5. The molecular formula is C32H29F3N4O3. The van der Waals surface area contributed by atoms with Crippen LogP contribution in [0.3, 0.4) is 0 Å². The fourth-order valence-electron chi connectivity index (χ4n) is 4.90. The molecule has 7 nitrogen and oxygen atoms in total. The number of aromatic nitrogens is 1. The lowest BCUT2D eigenvalue weighted by Gasteiger charge is -2.29. The summed E-state index contributed by atoms with van der Waals surface area (Å²) in [6.45, 7) is 1.72. The number of aromatic hydroxyl groups is 1. The number of nitrogens with zero attached hydrogens (tertiary/aromatic N) is 2. The van der Waals surface area contributed by atoms with Gasteiger partial charge in [0.2, 0.25) is 0 Å². The molecule has 1 saturated heterocycles. The van der Waals surface area contributed by atoms with Crippen LogP contribution < -0.4 is 15.5 Å². The maximum Gasteiger partial charge on any atom is 0.416 e. The van der Waals surface area contributed by atoms with Crippen LogP contribution in [0, 0.1) is 0 Å². The predicted octanol–water partition coefficient (Wildman–Crippen LogP) is 6.65. The molecule has 0 radical (unpaired) electrons. The van der Waals surface area contributed by atoms with Gasteiger partial charge in [-0.05, 0) is 85.5 Å². The van der Waals surface area contributed by atoms with Gasteiger partial charge >= 0.3 is 6.18 Å². The van der Waals surface area contributed by atoms with Crippen molar-refractivity contribution in [3.63, 3.8) is 0 Å². The second kappa shape index (κ2) is 12.3. The van der Waals surface area contributed by atoms with E-state index in [2.05, 4.69) is 20.5 Å². The second-order valence-electron chi connectivity index (χ2n) is 10.1. The third kappa shape index (κ3) is 6.88. The van der Waals surface area contributed by atoms with Gasteiger partial charge in [0.05, 0.1) is 16.9 Å². The summed E-state index contributed by atoms with van der Waals surface area (Å²) in [5.41, 5.74) is 2.54. The summed E-state index contributed by atoms with van der Waals surface area (Å²) in [5.74, 6) is -0.935. The van der Waals surface area contributed by atoms with Crippen molar-refractivity contribution in [3.8, 4) is 17.0 Å². The Kier molecular flexibility index (Phi) is 8.42. The van der Waals surface area contributed by atoms with Gasteiger partial charge in [-0.3, -0.25) is 14.6 Å². The van der Waals surface area contributed by atoms with Crippen LogP contribution in [-0.4, -0.2) is 35.0 Å². The van der Waals surface area contributed by atoms with E-state index >= 15 is 0 Å². The normalized spacial score (nSPS) is 13.5. The Balaban J connectivity index is 1.42. The Morgan fingerprint density at radius 2 is 1.62 bits per heavy atom. The summed E-state index contributed by atoms with van der Waals surface area (Å²) >= 11 is 0. The first-order valence-electron chi connectivity index (χ1n) is 13.6. The minimum absolute atomic E-state index is 0.0335. The van der Waals surface area contributed by atoms with Crippen molar-refractivity contribution in [1.29, 1.82) is 0 Å². The highest BCUT2D eigenvalue weighted by atomic mass is 19.4. The SMILES string of the molecule is O=C(NCc1cccc(C(F)(F)F)c1)c1ccnc(-c2cc(N3CCCCC3)ccc2NC(=O)c2cccc(O)c2)c1. The molecular weight excluding hydrogens is 545 g/mol. The molecule has 3 N–H and O–H groups in total. The standard InChI is InChI=1S/C32H29F3N4O3/c33-32(34,35)24-8-4-6-21(16-24)20-37-30(41)23-12-13-36-29(18-23)27-19-25(39-14-2-1-3-15-39)10-11-28(27)38-31(42)22-7-5-9-26(40)17-22/h4-13,16-19,40H,1-3,14-15,20H2,(H,37,41)(H,38,42). The Hall–Kier alpha value is -4.86. The number of hydrogen-bond donors (Lipinski definition) is 3. The van der Waals surface area contributed by atoms with Crippen LogP contribution in [0.2, 0.25) is 0 Å². The van der Waals surface area contributed by atoms with Crippen molar-refractivity contribution in [2.24, 2.45) is 0 Å². The maximum atomic E-state index is 13.1. The van der Waals surface area contributed by atoms with Crippen molar-refractivity contribution in [1.82, 2.24) is 10.3 Å². The van der Waals surface area contributed by atoms with Gasteiger partial charge in [0, 0.05) is 48.2 Å². The number of phenolic OH excluding ortho intramolecular Hbond substituents is 1. The van der Waals surface area contributed by atoms with Crippen LogP contribution in [0.4, 0.5) is 24.5 Å². The first-order chi connectivity index (χ1) is 20.2. The summed E-state index contributed by atoms with van der Waals surface area (Å²) in [7, 11) is 0. The Morgan fingerprint density at radius 1 is 0.857 bits per heavy atom. The van der Waals surface area contributed by atoms with E-state index in [1.807, 2.05) is 12.1 Å². The van der Waals surface area contributed by atoms with Crippen LogP contribution in [0.5, 0.6) is 5.75 Å². The third-order valence-corrected chi connectivity index (χ3v) is 7.09. The maximum absolute atomic E-state index is 13.1. The molecule has 0 atom stereocenters. The minimum atomic E-state index is -4.48. The molecule has 1 aliphatic heterocycles. The molecule has 216 valence electrons. The highest BCUT2D eigenvalue weighted by Gasteiger charge is 2.30. The van der Waals surface area contributed by atoms with Crippen LogP contribution in [0.25, 0.3) is 11.3 Å². The summed E-state index contributed by atoms with van der Waals surface area (Å²) in [4.78, 5) is 32.8. The molecule has 0 spiro atoms. The van der Waals surface area contributed by atoms with Crippen LogP contribution in [0.1, 0.15) is 51.1 Å². The number of phenols is 1. The van der Waals surface area contributed by atoms with Crippen molar-refractivity contribution in [2.75, 3.05) is 23.3 Å². The monoisotopic (exact) mass is 574 g/mol. The third-order valence-electron chi connectivity index (χ3n) is 7.09. The van der Waals surface area contributed by atoms with Gasteiger partial charge in [0.15, 0.2) is 0 Å². The predicted molar refractivity (Wildman–Crippen MR) is 154 cm³/mol. The summed E-state index contributed by atoms with van der Waals surface area (Å²) in [5, 5.41) is 15.4. The molecule has 1 aliphatic rings. The molecule has 4 aromatic rings. The van der Waals surface area contributed by atoms with E-state index in [0.717, 1.165) is 43.8 Å². The van der Waals surface area contributed by atoms with Gasteiger partial charge in [0.1, 0.15) is 5.75 Å². The molecule has 0 aliphatic carbocycles. The number of amides is 2. The molecule has 2 amide bonds. The van der Waals surface area contributed by atoms with E-state index in [1.165, 1.54) is 42.9 Å². The Bertz CT molecular complexity index is 1600. The van der Waals surface area contributed by atoms with Crippen molar-refractivity contribution in [3.05, 3.63) is 107 Å². The fourth-order valence-corrected chi connectivity index (χ4v) is 4.90. The number of rotatable bonds is 7. The molecule has 0 unspecified atom stereocenters. The number of nitrogens with one attached hydrogen (secondary N) is 2. The van der Waals surface area contributed by atoms with E-state index in [1.54, 1.807) is 24.3 Å². The zero-order chi connectivity index (χ0) is 29.7. The average Bonchev–Trinajstić information content (AvgIpc) is 3.00. The molecule has 3 aromatic carbocycles. The molecule has 5 rings (SSSR count). The zero-order valence-corrected chi connectivity index (χ0v) is 22.6. The Morgan fingerprint density at radius 3 is 2.38 bits per heavy atom. The van der Waals surface area contributed by atoms with Gasteiger partial charge in [-0.25, -0.2) is 0 Å². The van der Waals surface area contributed by atoms with E-state index in [0.29, 0.717) is 22.5 Å². The molecule has 0 saturated carbocycles. The van der Waals surface area contributed by atoms with Crippen molar-refractivity contribution < 1.29 is 27.9 Å². The number of anilines is 2. The molecule has 42 heavy (non-hydrogen) atoms. The number of halogens is 3. The number of pyridine rings is 1. The van der Waals surface area contributed by atoms with Gasteiger partial charge in [0.25, 0.3) is 11.8 Å². The molecule has 2 heterocycles. The summed E-state index contributed by atoms with van der Waals surface area (Å²) < 4.78 is 39.2. The van der Waals surface area contributed by atoms with E-state index in [9.17, 15) is 27.9 Å². The lowest BCUT2D eigenvalue weighted by atomic mass is 10.0. The van der Waals surface area contributed by atoms with E-state index < -0.39 is 23.6 Å². The lowest BCUT2D eigenvalue weighted by Crippen LogP contribution is -2.29. The lowest BCUT2D eigenvalue weighted by molar-refractivity contribution is -0.137. The zero-order valence-electron chi connectivity index (χ0n) is 22.6. The largest absolute Gasteiger partial charge is 0.508 e. The van der Waals surface area contributed by atoms with E-state index in [4.69, 9.17) is 0 Å². The number of carbonyl (C=O) groups excluding carboxylic acids is 2.